The number of nitrogens with zero attached hydrogens (tertiary/aromatic N) is 1. The van der Waals surface area contributed by atoms with Gasteiger partial charge in [-0.2, -0.15) is 0 Å². The topological polar surface area (TPSA) is 15.3 Å². The molecule has 1 N–H and O–H groups in total. The quantitative estimate of drug-likeness (QED) is 0.619. The maximum Gasteiger partial charge on any atom is 0.0192 e. The molecule has 0 aliphatic carbocycles. The van der Waals surface area contributed by atoms with E-state index in [-0.39, 0.29) is 0 Å². The van der Waals surface area contributed by atoms with Gasteiger partial charge in [-0.3, -0.25) is 0 Å². The van der Waals surface area contributed by atoms with Gasteiger partial charge in [-0.15, -0.1) is 0 Å². The highest BCUT2D eigenvalue weighted by atomic mass is 15.1. The molecule has 11 heavy (non-hydrogen) atoms. The van der Waals surface area contributed by atoms with Gasteiger partial charge in [0.15, 0.2) is 0 Å². The van der Waals surface area contributed by atoms with Crippen molar-refractivity contribution in [1.82, 2.24) is 10.2 Å². The van der Waals surface area contributed by atoms with Gasteiger partial charge < -0.3 is 10.2 Å². The van der Waals surface area contributed by atoms with E-state index in [2.05, 4.69) is 17.3 Å². The smallest absolute Gasteiger partial charge is 0.0192 e. The van der Waals surface area contributed by atoms with Crippen LogP contribution in [-0.4, -0.2) is 38.1 Å². The lowest BCUT2D eigenvalue weighted by Gasteiger charge is -2.29. The van der Waals surface area contributed by atoms with E-state index in [9.17, 15) is 0 Å². The third kappa shape index (κ3) is 4.38. The molecule has 1 aliphatic heterocycles. The van der Waals surface area contributed by atoms with Crippen LogP contribution in [0.15, 0.2) is 0 Å². The molecule has 0 amide bonds. The summed E-state index contributed by atoms with van der Waals surface area (Å²) in [6.45, 7) is 6.49. The second kappa shape index (κ2) is 6.62. The van der Waals surface area contributed by atoms with E-state index in [1.807, 2.05) is 20.9 Å². The first-order valence-corrected chi connectivity index (χ1v) is 4.68. The van der Waals surface area contributed by atoms with E-state index >= 15 is 0 Å². The largest absolute Gasteiger partial charge is 0.316 e. The molecule has 0 aromatic heterocycles. The predicted octanol–water partition coefficient (Wildman–Crippen LogP) is 1.33. The molecule has 0 radical (unpaired) electrons. The van der Waals surface area contributed by atoms with Gasteiger partial charge in [0, 0.05) is 12.6 Å². The fourth-order valence-corrected chi connectivity index (χ4v) is 1.40. The van der Waals surface area contributed by atoms with Crippen LogP contribution in [0, 0.1) is 0 Å². The average Bonchev–Trinajstić information content (AvgIpc) is 2.08. The van der Waals surface area contributed by atoms with Crippen molar-refractivity contribution in [2.24, 2.45) is 0 Å². The minimum Gasteiger partial charge on any atom is -0.316 e. The van der Waals surface area contributed by atoms with E-state index in [1.54, 1.807) is 0 Å². The van der Waals surface area contributed by atoms with Gasteiger partial charge in [0.25, 0.3) is 0 Å². The lowest BCUT2D eigenvalue weighted by atomic mass is 10.1. The first kappa shape index (κ1) is 10.9. The maximum atomic E-state index is 3.29. The van der Waals surface area contributed by atoms with Crippen molar-refractivity contribution < 1.29 is 0 Å². The number of nitrogens with one attached hydrogen (secondary N) is 1. The second-order valence-electron chi connectivity index (χ2n) is 2.89. The van der Waals surface area contributed by atoms with Gasteiger partial charge in [0.2, 0.25) is 0 Å². The first-order chi connectivity index (χ1) is 5.33. The van der Waals surface area contributed by atoms with Crippen molar-refractivity contribution in [3.05, 3.63) is 0 Å². The molecule has 1 saturated heterocycles. The Kier molecular flexibility index (Phi) is 6.57. The number of likely N-dealkylation sites (tertiary alicyclic amines) is 1. The Labute approximate surface area is 71.0 Å². The lowest BCUT2D eigenvalue weighted by Crippen LogP contribution is -2.42. The Morgan fingerprint density at radius 3 is 2.36 bits per heavy atom. The van der Waals surface area contributed by atoms with Crippen molar-refractivity contribution in [2.75, 3.05) is 27.2 Å². The summed E-state index contributed by atoms with van der Waals surface area (Å²) in [6.07, 6.45) is 2.70. The van der Waals surface area contributed by atoms with E-state index in [1.165, 1.54) is 25.9 Å². The number of rotatable bonds is 1. The van der Waals surface area contributed by atoms with Crippen LogP contribution in [0.1, 0.15) is 26.7 Å². The molecule has 1 fully saturated rings. The van der Waals surface area contributed by atoms with Crippen LogP contribution in [-0.2, 0) is 0 Å². The molecule has 1 unspecified atom stereocenters. The van der Waals surface area contributed by atoms with Crippen LogP contribution in [0.4, 0.5) is 0 Å². The molecule has 2 heteroatoms. The summed E-state index contributed by atoms with van der Waals surface area (Å²) >= 11 is 0. The third-order valence-electron chi connectivity index (χ3n) is 2.03. The molecule has 1 atom stereocenters. The molecule has 0 saturated carbocycles. The fraction of sp³-hybridized carbons (Fsp3) is 1.00. The second-order valence-corrected chi connectivity index (χ2v) is 2.89. The summed E-state index contributed by atoms with van der Waals surface area (Å²) in [4.78, 5) is 2.38. The number of hydrogen-bond donors (Lipinski definition) is 1. The molecular weight excluding hydrogens is 136 g/mol. The fourth-order valence-electron chi connectivity index (χ4n) is 1.40. The van der Waals surface area contributed by atoms with Crippen LogP contribution < -0.4 is 5.32 Å². The third-order valence-corrected chi connectivity index (χ3v) is 2.03. The number of hydrogen-bond acceptors (Lipinski definition) is 2. The number of likely N-dealkylation sites (N-methyl/N-ethyl adjacent to an activating group) is 2. The normalized spacial score (nSPS) is 25.6. The summed E-state index contributed by atoms with van der Waals surface area (Å²) in [5.74, 6) is 0. The summed E-state index contributed by atoms with van der Waals surface area (Å²) in [7, 11) is 4.23. The Bertz CT molecular complexity index is 83.6. The zero-order valence-electron chi connectivity index (χ0n) is 8.35. The average molecular weight is 158 g/mol. The molecule has 0 spiro atoms. The number of piperidine rings is 1. The van der Waals surface area contributed by atoms with Gasteiger partial charge in [0.05, 0.1) is 0 Å². The Morgan fingerprint density at radius 2 is 2.00 bits per heavy atom. The van der Waals surface area contributed by atoms with E-state index in [0.717, 1.165) is 6.04 Å². The molecular formula is C9H22N2. The highest BCUT2D eigenvalue weighted by molar-refractivity contribution is 4.74. The van der Waals surface area contributed by atoms with Crippen molar-refractivity contribution in [3.63, 3.8) is 0 Å². The molecule has 1 heterocycles. The van der Waals surface area contributed by atoms with Gasteiger partial charge >= 0.3 is 0 Å². The Hall–Kier alpha value is -0.0800. The van der Waals surface area contributed by atoms with Gasteiger partial charge in [-0.25, -0.2) is 0 Å². The molecule has 1 aliphatic rings. The maximum absolute atomic E-state index is 3.29. The summed E-state index contributed by atoms with van der Waals surface area (Å²) in [6, 6.07) is 0.740. The van der Waals surface area contributed by atoms with Crippen LogP contribution >= 0.6 is 0 Å². The van der Waals surface area contributed by atoms with Crippen molar-refractivity contribution >= 4 is 0 Å². The highest BCUT2D eigenvalue weighted by Gasteiger charge is 2.13. The molecule has 0 aromatic rings. The zero-order valence-corrected chi connectivity index (χ0v) is 8.35. The predicted molar refractivity (Wildman–Crippen MR) is 50.9 cm³/mol. The minimum absolute atomic E-state index is 0.740. The standard InChI is InChI=1S/C7H16N2.C2H6/c1-8-7-4-3-5-9(2)6-7;1-2/h7-8H,3-6H2,1-2H3;1-2H3. The molecule has 0 bridgehead atoms. The molecule has 1 rings (SSSR count). The van der Waals surface area contributed by atoms with E-state index in [4.69, 9.17) is 0 Å². The van der Waals surface area contributed by atoms with Gasteiger partial charge in [0.1, 0.15) is 0 Å². The molecule has 2 nitrogen and oxygen atoms in total. The van der Waals surface area contributed by atoms with Gasteiger partial charge in [-0.1, -0.05) is 13.8 Å². The van der Waals surface area contributed by atoms with Crippen LogP contribution in [0.25, 0.3) is 0 Å². The van der Waals surface area contributed by atoms with E-state index in [0.29, 0.717) is 0 Å². The summed E-state index contributed by atoms with van der Waals surface area (Å²) < 4.78 is 0. The zero-order chi connectivity index (χ0) is 8.69. The SMILES string of the molecule is CC.CNC1CCCN(C)C1. The highest BCUT2D eigenvalue weighted by Crippen LogP contribution is 2.06. The van der Waals surface area contributed by atoms with Crippen molar-refractivity contribution in [3.8, 4) is 0 Å². The van der Waals surface area contributed by atoms with Crippen LogP contribution in [0.3, 0.4) is 0 Å². The lowest BCUT2D eigenvalue weighted by molar-refractivity contribution is 0.234. The minimum atomic E-state index is 0.740. The summed E-state index contributed by atoms with van der Waals surface area (Å²) in [5, 5.41) is 3.29. The Morgan fingerprint density at radius 1 is 1.36 bits per heavy atom. The first-order valence-electron chi connectivity index (χ1n) is 4.68. The van der Waals surface area contributed by atoms with Crippen molar-refractivity contribution in [1.29, 1.82) is 0 Å². The monoisotopic (exact) mass is 158 g/mol. The van der Waals surface area contributed by atoms with Crippen LogP contribution in [0.2, 0.25) is 0 Å². The van der Waals surface area contributed by atoms with Crippen LogP contribution in [0.5, 0.6) is 0 Å². The van der Waals surface area contributed by atoms with E-state index < -0.39 is 0 Å². The molecule has 0 aromatic carbocycles. The Balaban J connectivity index is 0.000000461. The summed E-state index contributed by atoms with van der Waals surface area (Å²) in [5.41, 5.74) is 0. The molecule has 68 valence electrons. The van der Waals surface area contributed by atoms with Gasteiger partial charge in [-0.05, 0) is 33.5 Å². The van der Waals surface area contributed by atoms with Crippen molar-refractivity contribution in [2.45, 2.75) is 32.7 Å².